The van der Waals surface area contributed by atoms with Crippen molar-refractivity contribution in [1.29, 1.82) is 5.26 Å². The standard InChI is InChI=1S/C28H50FN6O6P/c1-21(2)35(22(3)4)42(39-16-12-13-30)41-24-17-26(40-25(24)19-37-6)34-18-23(5)27(32-28(34)36)31-14-10-8-9-11-15-33(29)20-38-7/h18,21-22,24-26H,8-12,14-17,19-20H2,1-7H3,(H,31,32,36)/i6TD. The van der Waals surface area contributed by atoms with E-state index in [0.29, 0.717) is 30.5 Å². The van der Waals surface area contributed by atoms with Gasteiger partial charge in [0, 0.05) is 57.5 Å². The highest BCUT2D eigenvalue weighted by molar-refractivity contribution is 7.44. The van der Waals surface area contributed by atoms with Crippen molar-refractivity contribution < 1.29 is 30.5 Å². The van der Waals surface area contributed by atoms with Crippen molar-refractivity contribution in [3.8, 4) is 6.07 Å². The molecule has 2 rings (SSSR count). The Morgan fingerprint density at radius 2 is 2.07 bits per heavy atom. The van der Waals surface area contributed by atoms with Crippen LogP contribution in [0.3, 0.4) is 0 Å². The summed E-state index contributed by atoms with van der Waals surface area (Å²) < 4.78 is 60.6. The molecule has 0 amide bonds. The van der Waals surface area contributed by atoms with Gasteiger partial charge >= 0.3 is 5.69 Å². The van der Waals surface area contributed by atoms with Crippen LogP contribution in [0.1, 0.15) is 80.8 Å². The van der Waals surface area contributed by atoms with E-state index in [0.717, 1.165) is 31.2 Å². The number of ether oxygens (including phenoxy) is 3. The van der Waals surface area contributed by atoms with E-state index in [-0.39, 0.29) is 38.4 Å². The molecular weight excluding hydrogens is 566 g/mol. The van der Waals surface area contributed by atoms with Gasteiger partial charge in [-0.15, -0.1) is 9.60 Å². The van der Waals surface area contributed by atoms with Gasteiger partial charge in [-0.2, -0.15) is 10.2 Å². The van der Waals surface area contributed by atoms with Gasteiger partial charge in [0.2, 0.25) is 0 Å². The molecule has 1 aliphatic heterocycles. The molecule has 240 valence electrons. The van der Waals surface area contributed by atoms with E-state index < -0.39 is 39.7 Å². The van der Waals surface area contributed by atoms with Crippen LogP contribution < -0.4 is 11.0 Å². The topological polar surface area (TPSA) is 123 Å². The van der Waals surface area contributed by atoms with Crippen molar-refractivity contribution in [2.24, 2.45) is 0 Å². The van der Waals surface area contributed by atoms with Crippen LogP contribution in [0.15, 0.2) is 11.0 Å². The maximum atomic E-state index is 13.3. The molecule has 0 bridgehead atoms. The third-order valence-electron chi connectivity index (χ3n) is 6.66. The fraction of sp³-hybridized carbons (Fsp3) is 0.821. The quantitative estimate of drug-likeness (QED) is 0.0874. The molecule has 1 fully saturated rings. The second-order valence-electron chi connectivity index (χ2n) is 10.8. The van der Waals surface area contributed by atoms with Crippen molar-refractivity contribution in [3.63, 3.8) is 0 Å². The van der Waals surface area contributed by atoms with Crippen molar-refractivity contribution in [1.82, 2.24) is 19.3 Å². The van der Waals surface area contributed by atoms with Crippen LogP contribution in [0, 0.1) is 18.3 Å². The van der Waals surface area contributed by atoms with Gasteiger partial charge in [-0.05, 0) is 47.5 Å². The average Bonchev–Trinajstić information content (AvgIpc) is 3.34. The maximum absolute atomic E-state index is 13.3. The summed E-state index contributed by atoms with van der Waals surface area (Å²) in [6, 6.07) is 2.28. The third-order valence-corrected chi connectivity index (χ3v) is 8.82. The van der Waals surface area contributed by atoms with Crippen LogP contribution in [0.25, 0.3) is 0 Å². The van der Waals surface area contributed by atoms with Gasteiger partial charge in [0.25, 0.3) is 8.53 Å². The predicted molar refractivity (Wildman–Crippen MR) is 160 cm³/mol. The lowest BCUT2D eigenvalue weighted by Gasteiger charge is -2.37. The van der Waals surface area contributed by atoms with Crippen LogP contribution in [0.4, 0.5) is 10.3 Å². The zero-order valence-corrected chi connectivity index (χ0v) is 26.7. The van der Waals surface area contributed by atoms with E-state index in [4.69, 9.17) is 31.3 Å². The molecule has 0 radical (unpaired) electrons. The Bertz CT molecular complexity index is 1060. The number of nitrogens with zero attached hydrogens (tertiary/aromatic N) is 5. The summed E-state index contributed by atoms with van der Waals surface area (Å²) >= 11 is 0. The van der Waals surface area contributed by atoms with E-state index in [9.17, 15) is 9.28 Å². The Labute approximate surface area is 254 Å². The largest absolute Gasteiger partial charge is 0.382 e. The lowest BCUT2D eigenvalue weighted by Crippen LogP contribution is -2.36. The predicted octanol–water partition coefficient (Wildman–Crippen LogP) is 4.91. The monoisotopic (exact) mass is 619 g/mol. The number of nitriles is 1. The smallest absolute Gasteiger partial charge is 0.351 e. The molecule has 1 aromatic rings. The first-order valence-electron chi connectivity index (χ1n) is 15.7. The molecule has 5 unspecified atom stereocenters. The molecular formula is C28H50FN6O6P. The van der Waals surface area contributed by atoms with Gasteiger partial charge in [0.1, 0.15) is 24.9 Å². The van der Waals surface area contributed by atoms with E-state index in [1.54, 1.807) is 6.20 Å². The number of rotatable bonds is 21. The highest BCUT2D eigenvalue weighted by Gasteiger charge is 2.41. The number of methoxy groups -OCH3 is 2. The van der Waals surface area contributed by atoms with Crippen LogP contribution in [-0.4, -0.2) is 90.8 Å². The number of hydrogen-bond acceptors (Lipinski definition) is 11. The Kier molecular flexibility index (Phi) is 15.4. The fourth-order valence-corrected chi connectivity index (χ4v) is 6.52. The van der Waals surface area contributed by atoms with Crippen LogP contribution in [-0.2, 0) is 23.3 Å². The minimum absolute atomic E-state index is 0.0309. The molecule has 14 heteroatoms. The van der Waals surface area contributed by atoms with Gasteiger partial charge in [0.15, 0.2) is 0 Å². The normalized spacial score (nSPS) is 21.1. The van der Waals surface area contributed by atoms with E-state index in [1.165, 1.54) is 11.7 Å². The number of aromatic nitrogens is 2. The van der Waals surface area contributed by atoms with Crippen molar-refractivity contribution >= 4 is 14.3 Å². The van der Waals surface area contributed by atoms with E-state index in [1.807, 2.05) is 34.6 Å². The van der Waals surface area contributed by atoms with Gasteiger partial charge in [0.05, 0.1) is 34.5 Å². The molecule has 1 saturated heterocycles. The number of nitrogens with one attached hydrogen (secondary N) is 1. The zero-order chi connectivity index (χ0) is 32.6. The minimum Gasteiger partial charge on any atom is -0.382 e. The molecule has 12 nitrogen and oxygen atoms in total. The first-order valence-corrected chi connectivity index (χ1v) is 15.7. The lowest BCUT2D eigenvalue weighted by atomic mass is 10.2. The summed E-state index contributed by atoms with van der Waals surface area (Å²) in [5, 5.41) is 12.9. The summed E-state index contributed by atoms with van der Waals surface area (Å²) in [7, 11) is -1.63. The van der Waals surface area contributed by atoms with Gasteiger partial charge in [-0.1, -0.05) is 12.8 Å². The summed E-state index contributed by atoms with van der Waals surface area (Å²) in [5.74, 6) is 0.497. The molecule has 1 N–H and O–H groups in total. The molecule has 1 aromatic heterocycles. The first kappa shape index (κ1) is 33.1. The number of hydrogen-bond donors (Lipinski definition) is 1. The Hall–Kier alpha value is -1.75. The molecule has 5 atom stereocenters. The summed E-state index contributed by atoms with van der Waals surface area (Å²) in [5.41, 5.74) is 0.283. The second kappa shape index (κ2) is 19.5. The minimum atomic E-state index is -1.59. The number of unbranched alkanes of at least 4 members (excludes halogenated alkanes) is 3. The van der Waals surface area contributed by atoms with Crippen molar-refractivity contribution in [2.75, 3.05) is 52.5 Å². The van der Waals surface area contributed by atoms with Crippen molar-refractivity contribution in [3.05, 3.63) is 22.2 Å². The molecule has 1 aliphatic rings. The van der Waals surface area contributed by atoms with E-state index >= 15 is 0 Å². The molecule has 0 saturated carbocycles. The second-order valence-corrected chi connectivity index (χ2v) is 12.2. The third kappa shape index (κ3) is 11.7. The highest BCUT2D eigenvalue weighted by Crippen LogP contribution is 2.49. The van der Waals surface area contributed by atoms with Gasteiger partial charge in [-0.25, -0.2) is 9.46 Å². The Morgan fingerprint density at radius 1 is 1.33 bits per heavy atom. The fourth-order valence-electron chi connectivity index (χ4n) is 4.76. The lowest BCUT2D eigenvalue weighted by molar-refractivity contribution is -0.0696. The maximum Gasteiger partial charge on any atom is 0.351 e. The number of halogens is 1. The first-order chi connectivity index (χ1) is 21.0. The van der Waals surface area contributed by atoms with Crippen LogP contribution in [0.2, 0.25) is 0 Å². The Morgan fingerprint density at radius 3 is 2.74 bits per heavy atom. The molecule has 0 spiro atoms. The molecule has 42 heavy (non-hydrogen) atoms. The number of aryl methyl sites for hydroxylation is 1. The molecule has 2 heterocycles. The number of anilines is 1. The highest BCUT2D eigenvalue weighted by atomic mass is 31.2. The molecule has 0 aliphatic carbocycles. The summed E-state index contributed by atoms with van der Waals surface area (Å²) in [6.45, 7) is 11.1. The molecule has 0 aromatic carbocycles. The zero-order valence-electron chi connectivity index (χ0n) is 27.8. The summed E-state index contributed by atoms with van der Waals surface area (Å²) in [6.07, 6.45) is 3.67. The van der Waals surface area contributed by atoms with Crippen LogP contribution in [0.5, 0.6) is 0 Å². The van der Waals surface area contributed by atoms with Crippen molar-refractivity contribution in [2.45, 2.75) is 104 Å². The average molecular weight is 620 g/mol. The Balaban J connectivity index is 2.09. The van der Waals surface area contributed by atoms with E-state index in [2.05, 4.69) is 21.0 Å². The summed E-state index contributed by atoms with van der Waals surface area (Å²) in [4.78, 5) is 17.4. The van der Waals surface area contributed by atoms with Gasteiger partial charge in [-0.3, -0.25) is 4.57 Å². The SMILES string of the molecule is [2H]C([3H])OCC1OC(n2cc(C)c(NCCCCCCN(F)COC)nc2=O)CC1OP(OCCC#N)N(C(C)C)C(C)C. The van der Waals surface area contributed by atoms with Crippen LogP contribution >= 0.6 is 8.53 Å². The van der Waals surface area contributed by atoms with Gasteiger partial charge < -0.3 is 28.6 Å².